The Morgan fingerprint density at radius 2 is 2.07 bits per heavy atom. The number of halogens is 2. The summed E-state index contributed by atoms with van der Waals surface area (Å²) < 4.78 is 25.6. The summed E-state index contributed by atoms with van der Waals surface area (Å²) in [5.74, 6) is 1.52. The molecule has 0 unspecified atom stereocenters. The van der Waals surface area contributed by atoms with Gasteiger partial charge in [0.1, 0.15) is 11.4 Å². The predicted molar refractivity (Wildman–Crippen MR) is 45.5 cm³/mol. The molecule has 0 aliphatic rings. The zero-order valence-corrected chi connectivity index (χ0v) is 7.12. The average Bonchev–Trinajstić information content (AvgIpc) is 2.12. The van der Waals surface area contributed by atoms with Gasteiger partial charge in [-0.05, 0) is 12.0 Å². The summed E-state index contributed by atoms with van der Waals surface area (Å²) in [4.78, 5) is 9.39. The molecule has 6 heteroatoms. The third-order valence-corrected chi connectivity index (χ3v) is 1.46. The SMILES string of the molecule is N#CC#Cc1cc(F)cc(F)c1[N+](=O)[O-]. The van der Waals surface area contributed by atoms with Crippen molar-refractivity contribution in [2.45, 2.75) is 0 Å². The van der Waals surface area contributed by atoms with E-state index in [4.69, 9.17) is 5.26 Å². The van der Waals surface area contributed by atoms with Crippen molar-refractivity contribution in [3.63, 3.8) is 0 Å². The smallest absolute Gasteiger partial charge is 0.258 e. The molecule has 0 bridgehead atoms. The van der Waals surface area contributed by atoms with Crippen molar-refractivity contribution in [3.05, 3.63) is 39.4 Å². The summed E-state index contributed by atoms with van der Waals surface area (Å²) in [6, 6.07) is 2.48. The Bertz CT molecular complexity index is 523. The van der Waals surface area contributed by atoms with Gasteiger partial charge in [-0.15, -0.1) is 0 Å². The van der Waals surface area contributed by atoms with E-state index in [1.54, 1.807) is 0 Å². The second kappa shape index (κ2) is 4.16. The van der Waals surface area contributed by atoms with Gasteiger partial charge >= 0.3 is 5.69 Å². The quantitative estimate of drug-likeness (QED) is 0.401. The van der Waals surface area contributed by atoms with Crippen LogP contribution in [0.25, 0.3) is 0 Å². The molecule has 0 aromatic heterocycles. The molecule has 0 fully saturated rings. The van der Waals surface area contributed by atoms with Crippen LogP contribution >= 0.6 is 0 Å². The zero-order chi connectivity index (χ0) is 11.4. The van der Waals surface area contributed by atoms with Crippen molar-refractivity contribution in [1.82, 2.24) is 0 Å². The second-order valence-electron chi connectivity index (χ2n) is 2.40. The van der Waals surface area contributed by atoms with E-state index in [0.717, 1.165) is 0 Å². The lowest BCUT2D eigenvalue weighted by Crippen LogP contribution is -1.97. The van der Waals surface area contributed by atoms with Crippen LogP contribution in [-0.2, 0) is 0 Å². The molecular weight excluding hydrogens is 206 g/mol. The first-order valence-electron chi connectivity index (χ1n) is 3.60. The van der Waals surface area contributed by atoms with E-state index in [-0.39, 0.29) is 0 Å². The third kappa shape index (κ3) is 2.26. The number of hydrogen-bond acceptors (Lipinski definition) is 3. The maximum atomic E-state index is 13.0. The molecule has 0 heterocycles. The maximum absolute atomic E-state index is 13.0. The average molecular weight is 208 g/mol. The van der Waals surface area contributed by atoms with Crippen LogP contribution in [0.4, 0.5) is 14.5 Å². The van der Waals surface area contributed by atoms with Crippen LogP contribution in [0.3, 0.4) is 0 Å². The van der Waals surface area contributed by atoms with Crippen molar-refractivity contribution in [2.24, 2.45) is 0 Å². The van der Waals surface area contributed by atoms with E-state index in [1.807, 2.05) is 11.8 Å². The van der Waals surface area contributed by atoms with Gasteiger partial charge in [0.25, 0.3) is 0 Å². The second-order valence-corrected chi connectivity index (χ2v) is 2.40. The Hall–Kier alpha value is -2.47. The van der Waals surface area contributed by atoms with Crippen molar-refractivity contribution in [3.8, 4) is 17.9 Å². The Kier molecular flexibility index (Phi) is 2.94. The van der Waals surface area contributed by atoms with Gasteiger partial charge in [0.15, 0.2) is 6.07 Å². The van der Waals surface area contributed by atoms with Crippen molar-refractivity contribution >= 4 is 5.69 Å². The molecule has 0 spiro atoms. The third-order valence-electron chi connectivity index (χ3n) is 1.46. The molecule has 0 amide bonds. The highest BCUT2D eigenvalue weighted by molar-refractivity contribution is 5.53. The van der Waals surface area contributed by atoms with Crippen LogP contribution in [0.5, 0.6) is 0 Å². The molecule has 1 rings (SSSR count). The standard InChI is InChI=1S/C9H2F2N2O2/c10-7-4-6(2-1-3-12)9(13(14)15)8(11)5-7/h4-5H. The van der Waals surface area contributed by atoms with Gasteiger partial charge in [-0.3, -0.25) is 10.1 Å². The summed E-state index contributed by atoms with van der Waals surface area (Å²) >= 11 is 0. The molecule has 0 aliphatic carbocycles. The van der Waals surface area contributed by atoms with E-state index in [9.17, 15) is 18.9 Å². The molecule has 1 aromatic rings. The number of rotatable bonds is 1. The predicted octanol–water partition coefficient (Wildman–Crippen LogP) is 1.75. The van der Waals surface area contributed by atoms with Crippen LogP contribution in [0.1, 0.15) is 5.56 Å². The van der Waals surface area contributed by atoms with E-state index in [0.29, 0.717) is 12.1 Å². The Labute approximate surface area is 82.9 Å². The van der Waals surface area contributed by atoms with E-state index >= 15 is 0 Å². The van der Waals surface area contributed by atoms with Gasteiger partial charge in [0.05, 0.1) is 4.92 Å². The lowest BCUT2D eigenvalue weighted by Gasteiger charge is -1.97. The molecule has 15 heavy (non-hydrogen) atoms. The maximum Gasteiger partial charge on any atom is 0.320 e. The van der Waals surface area contributed by atoms with Crippen LogP contribution in [-0.4, -0.2) is 4.92 Å². The fourth-order valence-corrected chi connectivity index (χ4v) is 0.942. The highest BCUT2D eigenvalue weighted by Crippen LogP contribution is 2.22. The molecule has 1 aromatic carbocycles. The summed E-state index contributed by atoms with van der Waals surface area (Å²) in [5.41, 5.74) is -1.39. The van der Waals surface area contributed by atoms with Crippen LogP contribution < -0.4 is 0 Å². The lowest BCUT2D eigenvalue weighted by molar-refractivity contribution is -0.387. The largest absolute Gasteiger partial charge is 0.320 e. The number of nitro groups is 1. The first-order valence-corrected chi connectivity index (χ1v) is 3.60. The topological polar surface area (TPSA) is 66.9 Å². The van der Waals surface area contributed by atoms with Crippen molar-refractivity contribution < 1.29 is 13.7 Å². The first kappa shape index (κ1) is 10.6. The molecule has 0 atom stereocenters. The van der Waals surface area contributed by atoms with Crippen LogP contribution in [0.2, 0.25) is 0 Å². The molecular formula is C9H2F2N2O2. The highest BCUT2D eigenvalue weighted by Gasteiger charge is 2.20. The highest BCUT2D eigenvalue weighted by atomic mass is 19.1. The van der Waals surface area contributed by atoms with Gasteiger partial charge in [0.2, 0.25) is 5.82 Å². The summed E-state index contributed by atoms with van der Waals surface area (Å²) in [5, 5.41) is 18.5. The fraction of sp³-hybridized carbons (Fsp3) is 0. The minimum absolute atomic E-state index is 0.385. The van der Waals surface area contributed by atoms with Gasteiger partial charge in [-0.1, -0.05) is 0 Å². The van der Waals surface area contributed by atoms with Crippen molar-refractivity contribution in [2.75, 3.05) is 0 Å². The van der Waals surface area contributed by atoms with E-state index < -0.39 is 27.8 Å². The summed E-state index contributed by atoms with van der Waals surface area (Å²) in [6.45, 7) is 0. The molecule has 4 nitrogen and oxygen atoms in total. The number of nitriles is 1. The molecule has 74 valence electrons. The van der Waals surface area contributed by atoms with Crippen LogP contribution in [0, 0.1) is 44.9 Å². The zero-order valence-electron chi connectivity index (χ0n) is 7.12. The van der Waals surface area contributed by atoms with Gasteiger partial charge in [0, 0.05) is 12.0 Å². The molecule has 0 saturated carbocycles. The Balaban J connectivity index is 3.48. The molecule has 0 radical (unpaired) electrons. The summed E-state index contributed by atoms with van der Waals surface area (Å²) in [6.07, 6.45) is 0. The fourth-order valence-electron chi connectivity index (χ4n) is 0.942. The van der Waals surface area contributed by atoms with E-state index in [2.05, 4.69) is 0 Å². The summed E-state index contributed by atoms with van der Waals surface area (Å²) in [7, 11) is 0. The first-order chi connectivity index (χ1) is 7.06. The van der Waals surface area contributed by atoms with Crippen molar-refractivity contribution in [1.29, 1.82) is 5.26 Å². The Morgan fingerprint density at radius 1 is 1.40 bits per heavy atom. The number of nitro benzene ring substituents is 1. The Morgan fingerprint density at radius 3 is 2.60 bits per heavy atom. The molecule has 0 saturated heterocycles. The number of nitrogens with zero attached hydrogens (tertiary/aromatic N) is 2. The van der Waals surface area contributed by atoms with E-state index in [1.165, 1.54) is 6.07 Å². The molecule has 0 N–H and O–H groups in total. The minimum atomic E-state index is -1.32. The normalized spacial score (nSPS) is 8.60. The monoisotopic (exact) mass is 208 g/mol. The lowest BCUT2D eigenvalue weighted by atomic mass is 10.1. The van der Waals surface area contributed by atoms with Gasteiger partial charge in [-0.2, -0.15) is 9.65 Å². The van der Waals surface area contributed by atoms with Gasteiger partial charge < -0.3 is 0 Å². The number of hydrogen-bond donors (Lipinski definition) is 0. The van der Waals surface area contributed by atoms with Gasteiger partial charge in [-0.25, -0.2) is 4.39 Å². The van der Waals surface area contributed by atoms with Crippen LogP contribution in [0.15, 0.2) is 12.1 Å². The number of benzene rings is 1. The molecule has 0 aliphatic heterocycles. The minimum Gasteiger partial charge on any atom is -0.258 e.